The number of benzene rings is 2. The highest BCUT2D eigenvalue weighted by atomic mass is 32.2. The summed E-state index contributed by atoms with van der Waals surface area (Å²) in [6, 6.07) is 16.5. The Morgan fingerprint density at radius 2 is 1.74 bits per heavy atom. The van der Waals surface area contributed by atoms with Crippen molar-refractivity contribution < 1.29 is 18.1 Å². The van der Waals surface area contributed by atoms with Crippen LogP contribution in [0.4, 0.5) is 0 Å². The predicted octanol–water partition coefficient (Wildman–Crippen LogP) is 0.423. The smallest absolute Gasteiger partial charge is 0.251 e. The summed E-state index contributed by atoms with van der Waals surface area (Å²) in [7, 11) is 3.49. The van der Waals surface area contributed by atoms with Gasteiger partial charge in [-0.2, -0.15) is 0 Å². The van der Waals surface area contributed by atoms with Gasteiger partial charge in [-0.25, -0.2) is 12.7 Å². The van der Waals surface area contributed by atoms with E-state index in [-0.39, 0.29) is 16.8 Å². The first-order valence-corrected chi connectivity index (χ1v) is 10.3. The molecule has 2 N–H and O–H groups in total. The van der Waals surface area contributed by atoms with Crippen molar-refractivity contribution in [3.63, 3.8) is 0 Å². The zero-order valence-corrected chi connectivity index (χ0v) is 17.1. The molecule has 2 aromatic carbocycles. The molecular weight excluding hydrogens is 362 g/mol. The first-order valence-electron chi connectivity index (χ1n) is 8.86. The number of carbonyl (C=O) groups excluding carboxylic acids is 1. The number of sulfonamides is 1. The van der Waals surface area contributed by atoms with Gasteiger partial charge in [-0.05, 0) is 23.8 Å². The molecule has 0 unspecified atom stereocenters. The first kappa shape index (κ1) is 21.1. The molecule has 2 aromatic rings. The topological polar surface area (TPSA) is 70.9 Å². The van der Waals surface area contributed by atoms with Crippen molar-refractivity contribution >= 4 is 15.9 Å². The molecule has 0 aliphatic heterocycles. The van der Waals surface area contributed by atoms with Crippen LogP contribution in [-0.4, -0.2) is 59.4 Å². The Bertz CT molecular complexity index is 865. The van der Waals surface area contributed by atoms with Gasteiger partial charge in [0.1, 0.15) is 6.04 Å². The molecular formula is C20H28N3O3S+. The van der Waals surface area contributed by atoms with Gasteiger partial charge in [-0.1, -0.05) is 36.4 Å². The average Bonchev–Trinajstić information content (AvgIpc) is 2.65. The minimum Gasteiger partial charge on any atom is -0.346 e. The van der Waals surface area contributed by atoms with Crippen LogP contribution >= 0.6 is 0 Å². The van der Waals surface area contributed by atoms with Crippen LogP contribution in [0, 0.1) is 0 Å². The molecule has 0 aliphatic rings. The van der Waals surface area contributed by atoms with Crippen molar-refractivity contribution in [2.75, 3.05) is 34.7 Å². The van der Waals surface area contributed by atoms with E-state index in [1.807, 2.05) is 18.2 Å². The molecule has 0 radical (unpaired) electrons. The Morgan fingerprint density at radius 3 is 2.33 bits per heavy atom. The monoisotopic (exact) mass is 390 g/mol. The predicted molar refractivity (Wildman–Crippen MR) is 106 cm³/mol. The minimum atomic E-state index is -3.57. The van der Waals surface area contributed by atoms with Crippen LogP contribution in [-0.2, 0) is 16.4 Å². The summed E-state index contributed by atoms with van der Waals surface area (Å²) < 4.78 is 25.6. The highest BCUT2D eigenvalue weighted by molar-refractivity contribution is 7.89. The van der Waals surface area contributed by atoms with Crippen LogP contribution in [0.2, 0.25) is 0 Å². The zero-order valence-electron chi connectivity index (χ0n) is 16.3. The van der Waals surface area contributed by atoms with Gasteiger partial charge in [0, 0.05) is 26.1 Å². The summed E-state index contributed by atoms with van der Waals surface area (Å²) in [6.45, 7) is 0.501. The summed E-state index contributed by atoms with van der Waals surface area (Å²) in [6.07, 6.45) is 0.846. The van der Waals surface area contributed by atoms with E-state index < -0.39 is 10.0 Å². The first-order chi connectivity index (χ1) is 12.7. The van der Waals surface area contributed by atoms with Gasteiger partial charge >= 0.3 is 0 Å². The fraction of sp³-hybridized carbons (Fsp3) is 0.350. The molecule has 0 fully saturated rings. The van der Waals surface area contributed by atoms with Crippen molar-refractivity contribution in [1.82, 2.24) is 9.62 Å². The van der Waals surface area contributed by atoms with Gasteiger partial charge in [0.05, 0.1) is 25.5 Å². The Hall–Kier alpha value is -2.22. The number of nitrogens with one attached hydrogen (secondary N) is 2. The van der Waals surface area contributed by atoms with E-state index in [4.69, 9.17) is 0 Å². The van der Waals surface area contributed by atoms with Crippen LogP contribution in [0.5, 0.6) is 0 Å². The highest BCUT2D eigenvalue weighted by Gasteiger charge is 2.20. The molecule has 146 valence electrons. The van der Waals surface area contributed by atoms with Crippen LogP contribution in [0.15, 0.2) is 59.5 Å². The quantitative estimate of drug-likeness (QED) is 0.686. The molecule has 0 heterocycles. The average molecular weight is 391 g/mol. The molecule has 0 saturated carbocycles. The molecule has 0 spiro atoms. The number of quaternary nitrogens is 1. The van der Waals surface area contributed by atoms with Gasteiger partial charge < -0.3 is 10.2 Å². The molecule has 0 saturated heterocycles. The Labute approximate surface area is 161 Å². The normalized spacial score (nSPS) is 13.0. The summed E-state index contributed by atoms with van der Waals surface area (Å²) >= 11 is 0. The van der Waals surface area contributed by atoms with Gasteiger partial charge in [0.2, 0.25) is 10.0 Å². The second-order valence-corrected chi connectivity index (χ2v) is 9.14. The molecule has 1 amide bonds. The summed E-state index contributed by atoms with van der Waals surface area (Å²) in [5.74, 6) is -0.273. The Balaban J connectivity index is 2.08. The summed E-state index contributed by atoms with van der Waals surface area (Å²) in [5, 5.41) is 2.94. The van der Waals surface area contributed by atoms with Crippen molar-refractivity contribution in [1.29, 1.82) is 0 Å². The second kappa shape index (κ2) is 9.12. The lowest BCUT2D eigenvalue weighted by Gasteiger charge is -2.22. The van der Waals surface area contributed by atoms with Crippen molar-refractivity contribution in [3.8, 4) is 0 Å². The third kappa shape index (κ3) is 5.63. The number of hydrogen-bond donors (Lipinski definition) is 2. The second-order valence-electron chi connectivity index (χ2n) is 6.99. The summed E-state index contributed by atoms with van der Waals surface area (Å²) in [4.78, 5) is 13.9. The molecule has 0 aliphatic carbocycles. The van der Waals surface area contributed by atoms with Crippen molar-refractivity contribution in [2.24, 2.45) is 0 Å². The lowest BCUT2D eigenvalue weighted by atomic mass is 10.1. The Morgan fingerprint density at radius 1 is 1.07 bits per heavy atom. The van der Waals surface area contributed by atoms with Gasteiger partial charge in [0.15, 0.2) is 0 Å². The number of amides is 1. The molecule has 7 heteroatoms. The number of carbonyl (C=O) groups is 1. The number of nitrogens with zero attached hydrogens (tertiary/aromatic N) is 1. The fourth-order valence-electron chi connectivity index (χ4n) is 2.71. The highest BCUT2D eigenvalue weighted by Crippen LogP contribution is 2.14. The minimum absolute atomic E-state index is 0.110. The number of hydrogen-bond acceptors (Lipinski definition) is 3. The van der Waals surface area contributed by atoms with Crippen LogP contribution < -0.4 is 10.2 Å². The largest absolute Gasteiger partial charge is 0.346 e. The van der Waals surface area contributed by atoms with Crippen LogP contribution in [0.1, 0.15) is 15.9 Å². The van der Waals surface area contributed by atoms with Gasteiger partial charge in [0.25, 0.3) is 5.91 Å². The maximum atomic E-state index is 12.5. The number of likely N-dealkylation sites (N-methyl/N-ethyl adjacent to an activating group) is 1. The number of rotatable bonds is 8. The van der Waals surface area contributed by atoms with E-state index in [0.717, 1.165) is 10.7 Å². The summed E-state index contributed by atoms with van der Waals surface area (Å²) in [5.41, 5.74) is 1.56. The van der Waals surface area contributed by atoms with Gasteiger partial charge in [-0.15, -0.1) is 0 Å². The Kier molecular flexibility index (Phi) is 7.12. The molecule has 1 atom stereocenters. The maximum Gasteiger partial charge on any atom is 0.251 e. The third-order valence-corrected chi connectivity index (χ3v) is 6.34. The molecule has 6 nitrogen and oxygen atoms in total. The van der Waals surface area contributed by atoms with Crippen molar-refractivity contribution in [3.05, 3.63) is 65.7 Å². The third-order valence-electron chi connectivity index (χ3n) is 4.53. The standard InChI is InChI=1S/C20H27N3O3S/c1-22(2)18(13-16-9-6-5-7-10-16)15-21-20(24)17-11-8-12-19(14-17)27(25,26)23(3)4/h5-12,14,18H,13,15H2,1-4H3,(H,21,24)/p+1/t18-/m0/s1. The SMILES string of the molecule is CN(C)S(=O)(=O)c1cccc(C(=O)NC[C@H](Cc2ccccc2)[NH+](C)C)c1. The molecule has 27 heavy (non-hydrogen) atoms. The lowest BCUT2D eigenvalue weighted by Crippen LogP contribution is -3.11. The zero-order chi connectivity index (χ0) is 20.0. The van der Waals surface area contributed by atoms with E-state index in [1.54, 1.807) is 12.1 Å². The fourth-order valence-corrected chi connectivity index (χ4v) is 3.65. The molecule has 0 bridgehead atoms. The maximum absolute atomic E-state index is 12.5. The van der Waals surface area contributed by atoms with E-state index in [9.17, 15) is 13.2 Å². The van der Waals surface area contributed by atoms with E-state index in [0.29, 0.717) is 12.1 Å². The lowest BCUT2D eigenvalue weighted by molar-refractivity contribution is -0.884. The van der Waals surface area contributed by atoms with E-state index in [2.05, 4.69) is 31.5 Å². The van der Waals surface area contributed by atoms with E-state index in [1.165, 1.54) is 36.7 Å². The van der Waals surface area contributed by atoms with Crippen LogP contribution in [0.25, 0.3) is 0 Å². The molecule has 2 rings (SSSR count). The van der Waals surface area contributed by atoms with Gasteiger partial charge in [-0.3, -0.25) is 4.79 Å². The van der Waals surface area contributed by atoms with Crippen LogP contribution in [0.3, 0.4) is 0 Å². The molecule has 0 aromatic heterocycles. The van der Waals surface area contributed by atoms with E-state index >= 15 is 0 Å². The van der Waals surface area contributed by atoms with Crippen molar-refractivity contribution in [2.45, 2.75) is 17.4 Å².